The summed E-state index contributed by atoms with van der Waals surface area (Å²) in [5.74, 6) is 1.61. The van der Waals surface area contributed by atoms with Gasteiger partial charge in [-0.2, -0.15) is 0 Å². The van der Waals surface area contributed by atoms with Crippen molar-refractivity contribution in [1.82, 2.24) is 5.32 Å². The van der Waals surface area contributed by atoms with Gasteiger partial charge in [-0.25, -0.2) is 0 Å². The lowest BCUT2D eigenvalue weighted by atomic mass is 10.00. The zero-order chi connectivity index (χ0) is 13.7. The molecule has 5 heteroatoms. The van der Waals surface area contributed by atoms with Crippen molar-refractivity contribution in [2.24, 2.45) is 0 Å². The quantitative estimate of drug-likeness (QED) is 0.873. The molecule has 0 bridgehead atoms. The Morgan fingerprint density at radius 3 is 2.68 bits per heavy atom. The van der Waals surface area contributed by atoms with Gasteiger partial charge >= 0.3 is 0 Å². The normalized spacial score (nSPS) is 20.9. The first-order valence-corrected chi connectivity index (χ1v) is 6.38. The van der Waals surface area contributed by atoms with Crippen molar-refractivity contribution in [3.05, 3.63) is 23.8 Å². The van der Waals surface area contributed by atoms with Crippen LogP contribution < -0.4 is 14.8 Å². The topological polar surface area (TPSA) is 49.0 Å². The maximum absolute atomic E-state index is 5.77. The Morgan fingerprint density at radius 1 is 1.26 bits per heavy atom. The van der Waals surface area contributed by atoms with Crippen molar-refractivity contribution in [2.75, 3.05) is 41.1 Å². The summed E-state index contributed by atoms with van der Waals surface area (Å²) in [5.41, 5.74) is 1.01. The van der Waals surface area contributed by atoms with Gasteiger partial charge in [0.15, 0.2) is 0 Å². The van der Waals surface area contributed by atoms with Crippen LogP contribution in [0.25, 0.3) is 0 Å². The van der Waals surface area contributed by atoms with Crippen LogP contribution >= 0.6 is 0 Å². The van der Waals surface area contributed by atoms with Crippen LogP contribution in [0.4, 0.5) is 0 Å². The molecule has 1 fully saturated rings. The summed E-state index contributed by atoms with van der Waals surface area (Å²) in [7, 11) is 5.22. The second-order valence-electron chi connectivity index (χ2n) is 4.36. The molecular formula is C14H21NO4. The predicted octanol–water partition coefficient (Wildman–Crippen LogP) is 1.38. The molecule has 0 amide bonds. The van der Waals surface area contributed by atoms with Crippen LogP contribution in [0.2, 0.25) is 0 Å². The number of hydrogen-bond donors (Lipinski definition) is 1. The molecule has 1 saturated heterocycles. The Bertz CT molecular complexity index is 404. The van der Waals surface area contributed by atoms with Crippen LogP contribution in [-0.2, 0) is 9.47 Å². The molecule has 1 aliphatic heterocycles. The number of ether oxygens (including phenoxy) is 4. The van der Waals surface area contributed by atoms with Crippen molar-refractivity contribution >= 4 is 0 Å². The molecule has 2 atom stereocenters. The van der Waals surface area contributed by atoms with E-state index in [1.54, 1.807) is 14.2 Å². The Morgan fingerprint density at radius 2 is 2.11 bits per heavy atom. The summed E-state index contributed by atoms with van der Waals surface area (Å²) in [4.78, 5) is 0. The van der Waals surface area contributed by atoms with E-state index in [0.29, 0.717) is 19.8 Å². The van der Waals surface area contributed by atoms with Gasteiger partial charge in [0.25, 0.3) is 0 Å². The molecule has 2 rings (SSSR count). The van der Waals surface area contributed by atoms with E-state index in [0.717, 1.165) is 17.1 Å². The van der Waals surface area contributed by atoms with Crippen LogP contribution in [0.15, 0.2) is 18.2 Å². The fourth-order valence-corrected chi connectivity index (χ4v) is 2.32. The minimum atomic E-state index is -0.0280. The molecule has 1 aromatic carbocycles. The van der Waals surface area contributed by atoms with E-state index in [1.807, 2.05) is 25.2 Å². The van der Waals surface area contributed by atoms with Crippen LogP contribution in [0.1, 0.15) is 11.6 Å². The second kappa shape index (κ2) is 6.75. The predicted molar refractivity (Wildman–Crippen MR) is 71.9 cm³/mol. The fourth-order valence-electron chi connectivity index (χ4n) is 2.32. The number of nitrogens with one attached hydrogen (secondary N) is 1. The molecule has 5 nitrogen and oxygen atoms in total. The largest absolute Gasteiger partial charge is 0.497 e. The fraction of sp³-hybridized carbons (Fsp3) is 0.571. The molecule has 0 aromatic heterocycles. The summed E-state index contributed by atoms with van der Waals surface area (Å²) in [6, 6.07) is 5.76. The molecule has 1 N–H and O–H groups in total. The van der Waals surface area contributed by atoms with Crippen molar-refractivity contribution in [2.45, 2.75) is 12.1 Å². The summed E-state index contributed by atoms with van der Waals surface area (Å²) in [6.45, 7) is 1.85. The van der Waals surface area contributed by atoms with Crippen molar-refractivity contribution in [3.8, 4) is 11.5 Å². The molecule has 1 aliphatic rings. The molecule has 106 valence electrons. The van der Waals surface area contributed by atoms with Crippen LogP contribution in [0.3, 0.4) is 0 Å². The minimum absolute atomic E-state index is 0.00495. The average Bonchev–Trinajstić information content (AvgIpc) is 2.49. The molecule has 19 heavy (non-hydrogen) atoms. The summed E-state index contributed by atoms with van der Waals surface area (Å²) >= 11 is 0. The Labute approximate surface area is 113 Å². The second-order valence-corrected chi connectivity index (χ2v) is 4.36. The summed E-state index contributed by atoms with van der Waals surface area (Å²) in [6.07, 6.45) is -0.0280. The molecule has 1 heterocycles. The number of likely N-dealkylation sites (N-methyl/N-ethyl adjacent to an activating group) is 1. The molecular weight excluding hydrogens is 246 g/mol. The third kappa shape index (κ3) is 3.18. The highest BCUT2D eigenvalue weighted by Crippen LogP contribution is 2.32. The van der Waals surface area contributed by atoms with Gasteiger partial charge in [-0.3, -0.25) is 0 Å². The average molecular weight is 267 g/mol. The lowest BCUT2D eigenvalue weighted by molar-refractivity contribution is -0.102. The van der Waals surface area contributed by atoms with Gasteiger partial charge in [0.05, 0.1) is 40.1 Å². The number of methoxy groups -OCH3 is 2. The Kier molecular flexibility index (Phi) is 5.01. The molecule has 0 radical (unpaired) electrons. The third-order valence-corrected chi connectivity index (χ3v) is 3.30. The molecule has 1 aromatic rings. The van der Waals surface area contributed by atoms with E-state index in [1.165, 1.54) is 0 Å². The highest BCUT2D eigenvalue weighted by Gasteiger charge is 2.28. The highest BCUT2D eigenvalue weighted by molar-refractivity contribution is 5.42. The SMILES string of the molecule is CNC(c1cc(OC)ccc1OC)C1COCCO1. The van der Waals surface area contributed by atoms with E-state index in [9.17, 15) is 0 Å². The summed E-state index contributed by atoms with van der Waals surface area (Å²) < 4.78 is 22.0. The van der Waals surface area contributed by atoms with Crippen LogP contribution in [0.5, 0.6) is 11.5 Å². The van der Waals surface area contributed by atoms with Gasteiger partial charge in [-0.15, -0.1) is 0 Å². The first-order valence-electron chi connectivity index (χ1n) is 6.38. The number of rotatable bonds is 5. The van der Waals surface area contributed by atoms with E-state index in [2.05, 4.69) is 5.32 Å². The minimum Gasteiger partial charge on any atom is -0.497 e. The van der Waals surface area contributed by atoms with Crippen LogP contribution in [-0.4, -0.2) is 47.2 Å². The van der Waals surface area contributed by atoms with Crippen molar-refractivity contribution in [1.29, 1.82) is 0 Å². The number of benzene rings is 1. The number of hydrogen-bond acceptors (Lipinski definition) is 5. The van der Waals surface area contributed by atoms with Gasteiger partial charge in [-0.1, -0.05) is 0 Å². The Balaban J connectivity index is 2.29. The van der Waals surface area contributed by atoms with Crippen molar-refractivity contribution in [3.63, 3.8) is 0 Å². The van der Waals surface area contributed by atoms with Gasteiger partial charge in [-0.05, 0) is 25.2 Å². The van der Waals surface area contributed by atoms with Gasteiger partial charge in [0, 0.05) is 5.56 Å². The van der Waals surface area contributed by atoms with E-state index in [-0.39, 0.29) is 12.1 Å². The van der Waals surface area contributed by atoms with Gasteiger partial charge < -0.3 is 24.3 Å². The standard InChI is InChI=1S/C14H21NO4/c1-15-14(13-9-18-6-7-19-13)11-8-10(16-2)4-5-12(11)17-3/h4-5,8,13-15H,6-7,9H2,1-3H3. The monoisotopic (exact) mass is 267 g/mol. The lowest BCUT2D eigenvalue weighted by Crippen LogP contribution is -2.39. The van der Waals surface area contributed by atoms with Crippen LogP contribution in [0, 0.1) is 0 Å². The molecule has 0 spiro atoms. The molecule has 0 saturated carbocycles. The van der Waals surface area contributed by atoms with E-state index >= 15 is 0 Å². The summed E-state index contributed by atoms with van der Waals surface area (Å²) in [5, 5.41) is 3.27. The van der Waals surface area contributed by atoms with E-state index < -0.39 is 0 Å². The zero-order valence-electron chi connectivity index (χ0n) is 11.6. The molecule has 0 aliphatic carbocycles. The maximum Gasteiger partial charge on any atom is 0.124 e. The lowest BCUT2D eigenvalue weighted by Gasteiger charge is -2.31. The first kappa shape index (κ1) is 14.1. The van der Waals surface area contributed by atoms with Crippen molar-refractivity contribution < 1.29 is 18.9 Å². The third-order valence-electron chi connectivity index (χ3n) is 3.30. The zero-order valence-corrected chi connectivity index (χ0v) is 11.6. The Hall–Kier alpha value is -1.30. The smallest absolute Gasteiger partial charge is 0.124 e. The highest BCUT2D eigenvalue weighted by atomic mass is 16.6. The first-order chi connectivity index (χ1) is 9.30. The maximum atomic E-state index is 5.77. The van der Waals surface area contributed by atoms with Gasteiger partial charge in [0.2, 0.25) is 0 Å². The van der Waals surface area contributed by atoms with E-state index in [4.69, 9.17) is 18.9 Å². The molecule has 2 unspecified atom stereocenters. The van der Waals surface area contributed by atoms with Gasteiger partial charge in [0.1, 0.15) is 17.6 Å².